The van der Waals surface area contributed by atoms with E-state index in [1.54, 1.807) is 12.1 Å². The maximum atomic E-state index is 12.9. The van der Waals surface area contributed by atoms with Crippen molar-refractivity contribution in [1.29, 1.82) is 0 Å². The van der Waals surface area contributed by atoms with Crippen LogP contribution in [0.4, 0.5) is 4.39 Å². The summed E-state index contributed by atoms with van der Waals surface area (Å²) in [7, 11) is 0. The lowest BCUT2D eigenvalue weighted by molar-refractivity contribution is 0.0991. The Bertz CT molecular complexity index is 572. The van der Waals surface area contributed by atoms with Gasteiger partial charge in [0.05, 0.1) is 0 Å². The van der Waals surface area contributed by atoms with Gasteiger partial charge in [0.2, 0.25) is 0 Å². The summed E-state index contributed by atoms with van der Waals surface area (Å²) >= 11 is 0. The molecule has 2 aromatic rings. The van der Waals surface area contributed by atoms with Crippen LogP contribution in [0, 0.1) is 5.82 Å². The number of carbonyl (C=O) groups excluding carboxylic acids is 1. The molecule has 2 heteroatoms. The topological polar surface area (TPSA) is 17.1 Å². The molecule has 0 heterocycles. The number of fused-ring (bicyclic) bond motifs is 1. The van der Waals surface area contributed by atoms with Crippen molar-refractivity contribution >= 4 is 5.78 Å². The third-order valence-electron chi connectivity index (χ3n) is 3.30. The highest BCUT2D eigenvalue weighted by Gasteiger charge is 2.29. The second-order valence-corrected chi connectivity index (χ2v) is 4.32. The molecule has 1 unspecified atom stereocenters. The van der Waals surface area contributed by atoms with Crippen LogP contribution in [0.1, 0.15) is 33.8 Å². The largest absolute Gasteiger partial charge is 0.294 e. The summed E-state index contributed by atoms with van der Waals surface area (Å²) in [5.74, 6) is 0.0144. The fourth-order valence-corrected chi connectivity index (χ4v) is 2.45. The Labute approximate surface area is 98.9 Å². The Kier molecular flexibility index (Phi) is 2.29. The average molecular weight is 226 g/mol. The first-order valence-corrected chi connectivity index (χ1v) is 5.63. The van der Waals surface area contributed by atoms with E-state index in [1.165, 1.54) is 12.1 Å². The van der Waals surface area contributed by atoms with E-state index < -0.39 is 0 Å². The van der Waals surface area contributed by atoms with Crippen LogP contribution in [0.2, 0.25) is 0 Å². The van der Waals surface area contributed by atoms with E-state index in [0.29, 0.717) is 6.42 Å². The number of ketones is 1. The molecule has 0 saturated carbocycles. The fraction of sp³-hybridized carbons (Fsp3) is 0.133. The first-order chi connectivity index (χ1) is 8.25. The quantitative estimate of drug-likeness (QED) is 0.726. The molecule has 1 atom stereocenters. The zero-order valence-electron chi connectivity index (χ0n) is 9.19. The standard InChI is InChI=1S/C15H11FO/c16-11-7-5-10(6-8-11)14-9-15(17)13-4-2-1-3-12(13)14/h1-8,14H,9H2. The molecule has 1 aliphatic rings. The molecule has 0 saturated heterocycles. The lowest BCUT2D eigenvalue weighted by Crippen LogP contribution is -1.96. The van der Waals surface area contributed by atoms with Gasteiger partial charge in [-0.05, 0) is 23.3 Å². The van der Waals surface area contributed by atoms with E-state index in [1.807, 2.05) is 24.3 Å². The SMILES string of the molecule is O=C1CC(c2ccc(F)cc2)c2ccccc21. The molecule has 0 aliphatic heterocycles. The van der Waals surface area contributed by atoms with E-state index >= 15 is 0 Å². The second kappa shape index (κ2) is 3.81. The highest BCUT2D eigenvalue weighted by Crippen LogP contribution is 2.37. The molecule has 84 valence electrons. The summed E-state index contributed by atoms with van der Waals surface area (Å²) in [6.07, 6.45) is 0.491. The number of Topliss-reactive ketones (excluding diaryl/α,β-unsaturated/α-hetero) is 1. The minimum atomic E-state index is -0.244. The first kappa shape index (κ1) is 10.2. The van der Waals surface area contributed by atoms with Crippen LogP contribution in [0.25, 0.3) is 0 Å². The summed E-state index contributed by atoms with van der Waals surface area (Å²) in [6, 6.07) is 14.1. The van der Waals surface area contributed by atoms with Crippen LogP contribution in [0.3, 0.4) is 0 Å². The van der Waals surface area contributed by atoms with Gasteiger partial charge in [-0.25, -0.2) is 4.39 Å². The number of hydrogen-bond acceptors (Lipinski definition) is 1. The molecule has 0 N–H and O–H groups in total. The van der Waals surface area contributed by atoms with E-state index in [2.05, 4.69) is 0 Å². The molecule has 0 radical (unpaired) electrons. The van der Waals surface area contributed by atoms with Crippen molar-refractivity contribution < 1.29 is 9.18 Å². The van der Waals surface area contributed by atoms with Crippen LogP contribution < -0.4 is 0 Å². The molecule has 17 heavy (non-hydrogen) atoms. The van der Waals surface area contributed by atoms with E-state index in [0.717, 1.165) is 16.7 Å². The van der Waals surface area contributed by atoms with Gasteiger partial charge in [0, 0.05) is 17.9 Å². The molecule has 0 fully saturated rings. The van der Waals surface area contributed by atoms with Gasteiger partial charge < -0.3 is 0 Å². The van der Waals surface area contributed by atoms with Crippen LogP contribution in [-0.4, -0.2) is 5.78 Å². The zero-order valence-corrected chi connectivity index (χ0v) is 9.19. The van der Waals surface area contributed by atoms with Gasteiger partial charge in [-0.3, -0.25) is 4.79 Å². The molecule has 0 amide bonds. The molecule has 1 nitrogen and oxygen atoms in total. The van der Waals surface area contributed by atoms with Gasteiger partial charge in [0.25, 0.3) is 0 Å². The minimum Gasteiger partial charge on any atom is -0.294 e. The summed E-state index contributed by atoms with van der Waals surface area (Å²) in [5, 5.41) is 0. The van der Waals surface area contributed by atoms with Gasteiger partial charge in [-0.15, -0.1) is 0 Å². The number of rotatable bonds is 1. The Morgan fingerprint density at radius 3 is 2.47 bits per heavy atom. The number of hydrogen-bond donors (Lipinski definition) is 0. The van der Waals surface area contributed by atoms with Gasteiger partial charge >= 0.3 is 0 Å². The second-order valence-electron chi connectivity index (χ2n) is 4.32. The minimum absolute atomic E-state index is 0.0827. The fourth-order valence-electron chi connectivity index (χ4n) is 2.45. The van der Waals surface area contributed by atoms with Crippen LogP contribution >= 0.6 is 0 Å². The summed E-state index contributed by atoms with van der Waals surface area (Å²) in [5.41, 5.74) is 2.87. The number of carbonyl (C=O) groups is 1. The van der Waals surface area contributed by atoms with Crippen molar-refractivity contribution in [3.05, 3.63) is 71.0 Å². The van der Waals surface area contributed by atoms with Crippen molar-refractivity contribution in [2.45, 2.75) is 12.3 Å². The lowest BCUT2D eigenvalue weighted by Gasteiger charge is -2.10. The number of halogens is 1. The van der Waals surface area contributed by atoms with Gasteiger partial charge in [-0.2, -0.15) is 0 Å². The van der Waals surface area contributed by atoms with Crippen molar-refractivity contribution in [3.8, 4) is 0 Å². The molecule has 3 rings (SSSR count). The van der Waals surface area contributed by atoms with Gasteiger partial charge in [0.15, 0.2) is 5.78 Å². The third kappa shape index (κ3) is 1.66. The maximum absolute atomic E-state index is 12.9. The van der Waals surface area contributed by atoms with Crippen molar-refractivity contribution in [2.24, 2.45) is 0 Å². The van der Waals surface area contributed by atoms with E-state index in [-0.39, 0.29) is 17.5 Å². The molecule has 0 aromatic heterocycles. The zero-order chi connectivity index (χ0) is 11.8. The Hall–Kier alpha value is -1.96. The normalized spacial score (nSPS) is 18.2. The Morgan fingerprint density at radius 1 is 1.00 bits per heavy atom. The Balaban J connectivity index is 2.07. The van der Waals surface area contributed by atoms with Crippen molar-refractivity contribution in [1.82, 2.24) is 0 Å². The lowest BCUT2D eigenvalue weighted by atomic mass is 9.93. The summed E-state index contributed by atoms with van der Waals surface area (Å²) in [4.78, 5) is 11.8. The first-order valence-electron chi connectivity index (χ1n) is 5.63. The smallest absolute Gasteiger partial charge is 0.164 e. The molecular formula is C15H11FO. The van der Waals surface area contributed by atoms with Gasteiger partial charge in [-0.1, -0.05) is 36.4 Å². The Morgan fingerprint density at radius 2 is 1.71 bits per heavy atom. The maximum Gasteiger partial charge on any atom is 0.164 e. The van der Waals surface area contributed by atoms with E-state index in [9.17, 15) is 9.18 Å². The monoisotopic (exact) mass is 226 g/mol. The van der Waals surface area contributed by atoms with Crippen molar-refractivity contribution in [3.63, 3.8) is 0 Å². The highest BCUT2D eigenvalue weighted by molar-refractivity contribution is 6.01. The summed E-state index contributed by atoms with van der Waals surface area (Å²) in [6.45, 7) is 0. The van der Waals surface area contributed by atoms with Crippen molar-refractivity contribution in [2.75, 3.05) is 0 Å². The predicted octanol–water partition coefficient (Wildman–Crippen LogP) is 3.54. The van der Waals surface area contributed by atoms with Gasteiger partial charge in [0.1, 0.15) is 5.82 Å². The highest BCUT2D eigenvalue weighted by atomic mass is 19.1. The van der Waals surface area contributed by atoms with Crippen LogP contribution in [0.15, 0.2) is 48.5 Å². The molecule has 2 aromatic carbocycles. The molecular weight excluding hydrogens is 215 g/mol. The molecule has 0 bridgehead atoms. The molecule has 0 spiro atoms. The average Bonchev–Trinajstić information content (AvgIpc) is 2.69. The summed E-state index contributed by atoms with van der Waals surface area (Å²) < 4.78 is 12.9. The third-order valence-corrected chi connectivity index (χ3v) is 3.30. The van der Waals surface area contributed by atoms with Crippen LogP contribution in [0.5, 0.6) is 0 Å². The predicted molar refractivity (Wildman–Crippen MR) is 63.6 cm³/mol. The number of benzene rings is 2. The van der Waals surface area contributed by atoms with E-state index in [4.69, 9.17) is 0 Å². The molecule has 1 aliphatic carbocycles. The van der Waals surface area contributed by atoms with Crippen LogP contribution in [-0.2, 0) is 0 Å².